The Morgan fingerprint density at radius 1 is 1.00 bits per heavy atom. The van der Waals surface area contributed by atoms with Gasteiger partial charge < -0.3 is 9.64 Å². The van der Waals surface area contributed by atoms with Gasteiger partial charge in [0.05, 0.1) is 6.61 Å². The molecule has 0 N–H and O–H groups in total. The first kappa shape index (κ1) is 20.9. The van der Waals surface area contributed by atoms with Crippen molar-refractivity contribution in [2.45, 2.75) is 39.0 Å². The highest BCUT2D eigenvalue weighted by Gasteiger charge is 2.21. The van der Waals surface area contributed by atoms with E-state index in [9.17, 15) is 14.4 Å². The Bertz CT molecular complexity index is 411. The molecule has 0 aliphatic carbocycles. The zero-order valence-corrected chi connectivity index (χ0v) is 14.3. The number of unbranched alkanes of at least 4 members (excludes halogenated alkanes) is 2. The van der Waals surface area contributed by atoms with Gasteiger partial charge in [0.1, 0.15) is 0 Å². The number of esters is 1. The van der Waals surface area contributed by atoms with Gasteiger partial charge in [-0.15, -0.1) is 13.2 Å². The maximum atomic E-state index is 12.2. The van der Waals surface area contributed by atoms with Crippen molar-refractivity contribution in [2.75, 3.05) is 26.7 Å². The van der Waals surface area contributed by atoms with Gasteiger partial charge in [-0.2, -0.15) is 0 Å². The van der Waals surface area contributed by atoms with Gasteiger partial charge in [-0.3, -0.25) is 14.5 Å². The van der Waals surface area contributed by atoms with E-state index in [1.54, 1.807) is 19.1 Å². The van der Waals surface area contributed by atoms with Crippen molar-refractivity contribution in [3.8, 4) is 0 Å². The monoisotopic (exact) mass is 324 g/mol. The lowest BCUT2D eigenvalue weighted by Crippen LogP contribution is -2.44. The fraction of sp³-hybridized carbons (Fsp3) is 0.588. The number of amides is 3. The molecular formula is C17H28N2O4. The predicted molar refractivity (Wildman–Crippen MR) is 89.9 cm³/mol. The van der Waals surface area contributed by atoms with Crippen LogP contribution in [0, 0.1) is 0 Å². The highest BCUT2D eigenvalue weighted by molar-refractivity contribution is 5.94. The average Bonchev–Trinajstić information content (AvgIpc) is 2.53. The Hall–Kier alpha value is -2.11. The summed E-state index contributed by atoms with van der Waals surface area (Å²) in [5, 5.41) is 0. The summed E-state index contributed by atoms with van der Waals surface area (Å²) < 4.78 is 4.83. The maximum Gasteiger partial charge on any atom is 0.326 e. The van der Waals surface area contributed by atoms with E-state index in [1.165, 1.54) is 11.9 Å². The smallest absolute Gasteiger partial charge is 0.326 e. The third-order valence-corrected chi connectivity index (χ3v) is 3.21. The molecule has 3 amide bonds. The minimum atomic E-state index is -0.360. The van der Waals surface area contributed by atoms with Crippen LogP contribution in [-0.2, 0) is 14.3 Å². The lowest BCUT2D eigenvalue weighted by Gasteiger charge is -2.25. The number of hydrogen-bond acceptors (Lipinski definition) is 4. The van der Waals surface area contributed by atoms with Gasteiger partial charge in [0.15, 0.2) is 0 Å². The van der Waals surface area contributed by atoms with Gasteiger partial charge in [-0.25, -0.2) is 4.79 Å². The summed E-state index contributed by atoms with van der Waals surface area (Å²) in [6.07, 6.45) is 5.92. The van der Waals surface area contributed by atoms with Gasteiger partial charge in [-0.05, 0) is 19.8 Å². The van der Waals surface area contributed by atoms with E-state index in [2.05, 4.69) is 13.2 Å². The van der Waals surface area contributed by atoms with Crippen LogP contribution in [-0.4, -0.2) is 54.5 Å². The van der Waals surface area contributed by atoms with Gasteiger partial charge >= 0.3 is 12.0 Å². The van der Waals surface area contributed by atoms with E-state index < -0.39 is 0 Å². The van der Waals surface area contributed by atoms with Crippen molar-refractivity contribution in [1.29, 1.82) is 0 Å². The molecule has 0 rings (SSSR count). The lowest BCUT2D eigenvalue weighted by atomic mass is 10.1. The second kappa shape index (κ2) is 12.4. The molecule has 6 heteroatoms. The number of rotatable bonds is 11. The van der Waals surface area contributed by atoms with Crippen molar-refractivity contribution in [3.05, 3.63) is 25.3 Å². The summed E-state index contributed by atoms with van der Waals surface area (Å²) in [5.41, 5.74) is 0. The number of nitrogens with zero attached hydrogens (tertiary/aromatic N) is 2. The van der Waals surface area contributed by atoms with Crippen LogP contribution in [0.4, 0.5) is 4.79 Å². The van der Waals surface area contributed by atoms with Crippen molar-refractivity contribution in [1.82, 2.24) is 9.80 Å². The Morgan fingerprint density at radius 2 is 1.57 bits per heavy atom. The van der Waals surface area contributed by atoms with Crippen molar-refractivity contribution < 1.29 is 19.1 Å². The molecule has 23 heavy (non-hydrogen) atoms. The molecule has 130 valence electrons. The van der Waals surface area contributed by atoms with Crippen molar-refractivity contribution in [3.63, 3.8) is 0 Å². The Labute approximate surface area is 138 Å². The average molecular weight is 324 g/mol. The lowest BCUT2D eigenvalue weighted by molar-refractivity contribution is -0.143. The molecule has 0 aromatic heterocycles. The van der Waals surface area contributed by atoms with Gasteiger partial charge in [0, 0.05) is 33.0 Å². The van der Waals surface area contributed by atoms with E-state index in [1.807, 2.05) is 0 Å². The van der Waals surface area contributed by atoms with E-state index >= 15 is 0 Å². The number of urea groups is 1. The van der Waals surface area contributed by atoms with Crippen LogP contribution in [0.25, 0.3) is 0 Å². The van der Waals surface area contributed by atoms with Crippen LogP contribution >= 0.6 is 0 Å². The normalized spacial score (nSPS) is 9.83. The number of hydrogen-bond donors (Lipinski definition) is 0. The summed E-state index contributed by atoms with van der Waals surface area (Å²) in [6.45, 7) is 10.1. The highest BCUT2D eigenvalue weighted by atomic mass is 16.5. The first-order valence-corrected chi connectivity index (χ1v) is 7.90. The molecule has 0 saturated carbocycles. The third kappa shape index (κ3) is 8.80. The molecule has 0 aliphatic heterocycles. The largest absolute Gasteiger partial charge is 0.466 e. The SMILES string of the molecule is C=CCN(CC=C)C(=O)N(C)C(=O)CCCCCC(=O)OCC. The molecule has 0 atom stereocenters. The molecule has 0 fully saturated rings. The zero-order valence-electron chi connectivity index (χ0n) is 14.3. The summed E-state index contributed by atoms with van der Waals surface area (Å²) in [4.78, 5) is 38.0. The molecule has 0 aliphatic rings. The van der Waals surface area contributed by atoms with Crippen LogP contribution in [0.1, 0.15) is 39.0 Å². The number of carbonyl (C=O) groups excluding carboxylic acids is 3. The van der Waals surface area contributed by atoms with Crippen LogP contribution in [0.5, 0.6) is 0 Å². The van der Waals surface area contributed by atoms with Gasteiger partial charge in [0.2, 0.25) is 5.91 Å². The minimum Gasteiger partial charge on any atom is -0.466 e. The molecular weight excluding hydrogens is 296 g/mol. The predicted octanol–water partition coefficient (Wildman–Crippen LogP) is 2.75. The summed E-state index contributed by atoms with van der Waals surface area (Å²) in [6, 6.07) is -0.360. The van der Waals surface area contributed by atoms with E-state index in [0.717, 1.165) is 11.3 Å². The van der Waals surface area contributed by atoms with Crippen LogP contribution in [0.2, 0.25) is 0 Å². The standard InChI is InChI=1S/C17H28N2O4/c1-5-13-19(14-6-2)17(22)18(4)15(20)11-9-8-10-12-16(21)23-7-3/h5-6H,1-2,7-14H2,3-4H3. The molecule has 0 bridgehead atoms. The second-order valence-corrected chi connectivity index (χ2v) is 5.08. The van der Waals surface area contributed by atoms with Gasteiger partial charge in [0.25, 0.3) is 0 Å². The summed E-state index contributed by atoms with van der Waals surface area (Å²) in [5.74, 6) is -0.445. The molecule has 0 radical (unpaired) electrons. The van der Waals surface area contributed by atoms with Crippen molar-refractivity contribution in [2.24, 2.45) is 0 Å². The Kier molecular flexibility index (Phi) is 11.3. The first-order valence-electron chi connectivity index (χ1n) is 7.90. The zero-order chi connectivity index (χ0) is 17.7. The Morgan fingerprint density at radius 3 is 2.09 bits per heavy atom. The fourth-order valence-electron chi connectivity index (χ4n) is 1.98. The fourth-order valence-corrected chi connectivity index (χ4v) is 1.98. The molecule has 0 heterocycles. The second-order valence-electron chi connectivity index (χ2n) is 5.08. The van der Waals surface area contributed by atoms with Crippen LogP contribution < -0.4 is 0 Å². The van der Waals surface area contributed by atoms with E-state index in [4.69, 9.17) is 4.74 Å². The topological polar surface area (TPSA) is 66.9 Å². The molecule has 0 spiro atoms. The molecule has 6 nitrogen and oxygen atoms in total. The third-order valence-electron chi connectivity index (χ3n) is 3.21. The van der Waals surface area contributed by atoms with E-state index in [0.29, 0.717) is 39.0 Å². The van der Waals surface area contributed by atoms with Gasteiger partial charge in [-0.1, -0.05) is 18.6 Å². The molecule has 0 unspecified atom stereocenters. The summed E-state index contributed by atoms with van der Waals surface area (Å²) >= 11 is 0. The number of imide groups is 1. The minimum absolute atomic E-state index is 0.212. The Balaban J connectivity index is 4.13. The number of carbonyl (C=O) groups is 3. The molecule has 0 aromatic rings. The molecule has 0 saturated heterocycles. The maximum absolute atomic E-state index is 12.2. The quantitative estimate of drug-likeness (QED) is 0.333. The van der Waals surface area contributed by atoms with E-state index in [-0.39, 0.29) is 24.3 Å². The van der Waals surface area contributed by atoms with Crippen LogP contribution in [0.3, 0.4) is 0 Å². The highest BCUT2D eigenvalue weighted by Crippen LogP contribution is 2.07. The van der Waals surface area contributed by atoms with Crippen molar-refractivity contribution >= 4 is 17.9 Å². The van der Waals surface area contributed by atoms with Crippen LogP contribution in [0.15, 0.2) is 25.3 Å². The first-order chi connectivity index (χ1) is 11.0. The molecule has 0 aromatic carbocycles. The summed E-state index contributed by atoms with van der Waals surface area (Å²) in [7, 11) is 1.47. The number of ether oxygens (including phenoxy) is 1.